The molecule has 120 valence electrons. The highest BCUT2D eigenvalue weighted by Gasteiger charge is 2.44. The van der Waals surface area contributed by atoms with E-state index in [1.807, 2.05) is 10.3 Å². The number of thiazole rings is 1. The number of fused-ring (bicyclic) bond motifs is 1. The normalized spacial score (nSPS) is 31.7. The van der Waals surface area contributed by atoms with E-state index in [-0.39, 0.29) is 11.8 Å². The molecule has 22 heavy (non-hydrogen) atoms. The molecular formula is C16H23N3O2S. The van der Waals surface area contributed by atoms with Crippen molar-refractivity contribution >= 4 is 22.4 Å². The Morgan fingerprint density at radius 3 is 3.05 bits per heavy atom. The minimum Gasteiger partial charge on any atom is -0.389 e. The van der Waals surface area contributed by atoms with Crippen molar-refractivity contribution in [2.45, 2.75) is 56.6 Å². The average Bonchev–Trinajstić information content (AvgIpc) is 3.21. The Morgan fingerprint density at radius 2 is 2.23 bits per heavy atom. The Bertz CT molecular complexity index is 571. The summed E-state index contributed by atoms with van der Waals surface area (Å²) in [6.07, 6.45) is 7.33. The fourth-order valence-corrected chi connectivity index (χ4v) is 4.52. The third-order valence-corrected chi connectivity index (χ3v) is 6.12. The van der Waals surface area contributed by atoms with Crippen LogP contribution < -0.4 is 5.32 Å². The number of likely N-dealkylation sites (tertiary alicyclic amines) is 1. The molecule has 4 rings (SSSR count). The molecule has 2 N–H and O–H groups in total. The van der Waals surface area contributed by atoms with E-state index in [4.69, 9.17) is 0 Å². The van der Waals surface area contributed by atoms with E-state index in [9.17, 15) is 9.90 Å². The van der Waals surface area contributed by atoms with Gasteiger partial charge in [-0.15, -0.1) is 11.3 Å². The first-order valence-corrected chi connectivity index (χ1v) is 9.26. The molecule has 0 aromatic carbocycles. The Morgan fingerprint density at radius 1 is 1.36 bits per heavy atom. The van der Waals surface area contributed by atoms with Crippen molar-refractivity contribution in [1.29, 1.82) is 0 Å². The lowest BCUT2D eigenvalue weighted by Gasteiger charge is -2.47. The molecule has 2 aliphatic carbocycles. The van der Waals surface area contributed by atoms with Gasteiger partial charge in [0.1, 0.15) is 5.69 Å². The topological polar surface area (TPSA) is 65.5 Å². The second kappa shape index (κ2) is 5.49. The Balaban J connectivity index is 1.43. The van der Waals surface area contributed by atoms with Crippen LogP contribution in [0.3, 0.4) is 0 Å². The van der Waals surface area contributed by atoms with E-state index in [0.717, 1.165) is 24.4 Å². The number of nitrogens with one attached hydrogen (secondary N) is 1. The summed E-state index contributed by atoms with van der Waals surface area (Å²) in [5.41, 5.74) is 0.0184. The zero-order valence-corrected chi connectivity index (χ0v) is 13.6. The van der Waals surface area contributed by atoms with E-state index >= 15 is 0 Å². The molecule has 1 aromatic heterocycles. The predicted molar refractivity (Wildman–Crippen MR) is 86.2 cm³/mol. The number of rotatable bonds is 3. The molecule has 0 spiro atoms. The highest BCUT2D eigenvalue weighted by atomic mass is 32.1. The number of aliphatic hydroxyl groups is 1. The minimum absolute atomic E-state index is 0.0210. The van der Waals surface area contributed by atoms with Gasteiger partial charge in [-0.25, -0.2) is 4.98 Å². The maximum Gasteiger partial charge on any atom is 0.273 e. The first kappa shape index (κ1) is 14.5. The number of piperidine rings is 1. The summed E-state index contributed by atoms with van der Waals surface area (Å²) in [7, 11) is 0. The van der Waals surface area contributed by atoms with Crippen molar-refractivity contribution in [3.05, 3.63) is 11.1 Å². The van der Waals surface area contributed by atoms with Gasteiger partial charge < -0.3 is 15.3 Å². The zero-order chi connectivity index (χ0) is 15.2. The van der Waals surface area contributed by atoms with Gasteiger partial charge in [0.15, 0.2) is 5.13 Å². The van der Waals surface area contributed by atoms with Crippen molar-refractivity contribution in [3.63, 3.8) is 0 Å². The lowest BCUT2D eigenvalue weighted by Crippen LogP contribution is -2.54. The first-order valence-electron chi connectivity index (χ1n) is 8.38. The number of carbonyl (C=O) groups is 1. The molecule has 6 heteroatoms. The predicted octanol–water partition coefficient (Wildman–Crippen LogP) is 2.48. The van der Waals surface area contributed by atoms with Crippen molar-refractivity contribution in [1.82, 2.24) is 9.88 Å². The van der Waals surface area contributed by atoms with Crippen molar-refractivity contribution < 1.29 is 9.90 Å². The monoisotopic (exact) mass is 321 g/mol. The van der Waals surface area contributed by atoms with Gasteiger partial charge in [0.2, 0.25) is 0 Å². The van der Waals surface area contributed by atoms with Crippen LogP contribution in [0.15, 0.2) is 5.38 Å². The van der Waals surface area contributed by atoms with Crippen LogP contribution in [0.2, 0.25) is 0 Å². The average molecular weight is 321 g/mol. The Hall–Kier alpha value is -1.14. The van der Waals surface area contributed by atoms with Crippen LogP contribution >= 0.6 is 11.3 Å². The lowest BCUT2D eigenvalue weighted by atomic mass is 9.71. The van der Waals surface area contributed by atoms with Gasteiger partial charge >= 0.3 is 0 Å². The Kier molecular flexibility index (Phi) is 3.61. The summed E-state index contributed by atoms with van der Waals surface area (Å²) >= 11 is 1.51. The standard InChI is InChI=1S/C16H23N3O2S/c20-14(13-10-22-15(18-13)17-12-4-5-12)19-8-7-16(21)6-2-1-3-11(16)9-19/h10-12,21H,1-9H2,(H,17,18)/t11-,16-/m0/s1. The van der Waals surface area contributed by atoms with Crippen LogP contribution in [0.4, 0.5) is 5.13 Å². The summed E-state index contributed by atoms with van der Waals surface area (Å²) < 4.78 is 0. The van der Waals surface area contributed by atoms with Gasteiger partial charge in [0.05, 0.1) is 5.60 Å². The van der Waals surface area contributed by atoms with Crippen molar-refractivity contribution in [2.24, 2.45) is 5.92 Å². The fraction of sp³-hybridized carbons (Fsp3) is 0.750. The summed E-state index contributed by atoms with van der Waals surface area (Å²) in [6.45, 7) is 1.33. The van der Waals surface area contributed by atoms with Gasteiger partial charge in [-0.05, 0) is 32.1 Å². The molecule has 3 fully saturated rings. The summed E-state index contributed by atoms with van der Waals surface area (Å²) in [6, 6.07) is 0.557. The van der Waals surface area contributed by atoms with Crippen LogP contribution in [-0.4, -0.2) is 45.6 Å². The molecule has 1 aliphatic heterocycles. The van der Waals surface area contributed by atoms with E-state index in [1.54, 1.807) is 0 Å². The van der Waals surface area contributed by atoms with Crippen LogP contribution in [-0.2, 0) is 0 Å². The molecule has 2 atom stereocenters. The second-order valence-corrected chi connectivity index (χ2v) is 7.86. The number of anilines is 1. The molecule has 2 saturated carbocycles. The number of nitrogens with zero attached hydrogens (tertiary/aromatic N) is 2. The molecule has 5 nitrogen and oxygen atoms in total. The molecule has 2 heterocycles. The van der Waals surface area contributed by atoms with Crippen molar-refractivity contribution in [2.75, 3.05) is 18.4 Å². The molecule has 1 aromatic rings. The number of amides is 1. The number of carbonyl (C=O) groups excluding carboxylic acids is 1. The van der Waals surface area contributed by atoms with Crippen LogP contribution in [0.1, 0.15) is 55.4 Å². The molecule has 3 aliphatic rings. The van der Waals surface area contributed by atoms with Crippen LogP contribution in [0.5, 0.6) is 0 Å². The first-order chi connectivity index (χ1) is 10.6. The third kappa shape index (κ3) is 2.74. The quantitative estimate of drug-likeness (QED) is 0.898. The maximum atomic E-state index is 12.7. The molecule has 0 radical (unpaired) electrons. The van der Waals surface area contributed by atoms with Gasteiger partial charge in [-0.1, -0.05) is 12.8 Å². The largest absolute Gasteiger partial charge is 0.389 e. The Labute approximate surface area is 134 Å². The van der Waals surface area contributed by atoms with E-state index < -0.39 is 5.60 Å². The van der Waals surface area contributed by atoms with E-state index in [0.29, 0.717) is 31.2 Å². The number of hydrogen-bond donors (Lipinski definition) is 2. The van der Waals surface area contributed by atoms with Crippen LogP contribution in [0, 0.1) is 5.92 Å². The molecule has 1 saturated heterocycles. The molecule has 0 unspecified atom stereocenters. The summed E-state index contributed by atoms with van der Waals surface area (Å²) in [5.74, 6) is 0.259. The minimum atomic E-state index is -0.532. The van der Waals surface area contributed by atoms with Crippen LogP contribution in [0.25, 0.3) is 0 Å². The third-order valence-electron chi connectivity index (χ3n) is 5.34. The summed E-state index contributed by atoms with van der Waals surface area (Å²) in [4.78, 5) is 19.0. The van der Waals surface area contributed by atoms with E-state index in [2.05, 4.69) is 10.3 Å². The maximum absolute atomic E-state index is 12.7. The van der Waals surface area contributed by atoms with Gasteiger partial charge in [-0.3, -0.25) is 4.79 Å². The second-order valence-electron chi connectivity index (χ2n) is 7.00. The lowest BCUT2D eigenvalue weighted by molar-refractivity contribution is -0.0886. The van der Waals surface area contributed by atoms with Gasteiger partial charge in [0.25, 0.3) is 5.91 Å². The SMILES string of the molecule is O=C(c1csc(NC2CC2)n1)N1CC[C@@]2(O)CCCC[C@H]2C1. The number of hydrogen-bond acceptors (Lipinski definition) is 5. The molecule has 1 amide bonds. The molecule has 0 bridgehead atoms. The highest BCUT2D eigenvalue weighted by molar-refractivity contribution is 7.13. The van der Waals surface area contributed by atoms with Gasteiger partial charge in [0, 0.05) is 30.4 Å². The zero-order valence-electron chi connectivity index (χ0n) is 12.8. The van der Waals surface area contributed by atoms with Crippen molar-refractivity contribution in [3.8, 4) is 0 Å². The fourth-order valence-electron chi connectivity index (χ4n) is 3.76. The van der Waals surface area contributed by atoms with Gasteiger partial charge in [-0.2, -0.15) is 0 Å². The van der Waals surface area contributed by atoms with E-state index in [1.165, 1.54) is 30.6 Å². The molecular weight excluding hydrogens is 298 g/mol. The summed E-state index contributed by atoms with van der Waals surface area (Å²) in [5, 5.41) is 16.8. The smallest absolute Gasteiger partial charge is 0.273 e. The number of aromatic nitrogens is 1. The highest BCUT2D eigenvalue weighted by Crippen LogP contribution is 2.40.